The summed E-state index contributed by atoms with van der Waals surface area (Å²) in [7, 11) is 0. The van der Waals surface area contributed by atoms with Crippen molar-refractivity contribution in [1.29, 1.82) is 0 Å². The quantitative estimate of drug-likeness (QED) is 0.502. The molecule has 7 nitrogen and oxygen atoms in total. The maximum atomic E-state index is 12.7. The number of fused-ring (bicyclic) bond motifs is 2. The molecule has 0 bridgehead atoms. The van der Waals surface area contributed by atoms with Gasteiger partial charge in [-0.2, -0.15) is 4.80 Å². The Balaban J connectivity index is 1.50. The minimum Gasteiger partial charge on any atom is -0.494 e. The molecule has 0 saturated heterocycles. The van der Waals surface area contributed by atoms with Gasteiger partial charge in [0.15, 0.2) is 0 Å². The van der Waals surface area contributed by atoms with E-state index in [1.807, 2.05) is 31.2 Å². The highest BCUT2D eigenvalue weighted by Gasteiger charge is 2.36. The Morgan fingerprint density at radius 3 is 2.07 bits per heavy atom. The second kappa shape index (κ2) is 6.56. The summed E-state index contributed by atoms with van der Waals surface area (Å²) in [6, 6.07) is 19.4. The van der Waals surface area contributed by atoms with Gasteiger partial charge in [0.05, 0.1) is 29.1 Å². The van der Waals surface area contributed by atoms with Gasteiger partial charge in [0.1, 0.15) is 16.8 Å². The van der Waals surface area contributed by atoms with Crippen LogP contribution in [0.5, 0.6) is 5.75 Å². The second-order valence-corrected chi connectivity index (χ2v) is 6.58. The molecule has 0 aliphatic carbocycles. The lowest BCUT2D eigenvalue weighted by atomic mass is 10.1. The fourth-order valence-corrected chi connectivity index (χ4v) is 3.42. The van der Waals surface area contributed by atoms with Crippen molar-refractivity contribution in [3.05, 3.63) is 77.9 Å². The smallest absolute Gasteiger partial charge is 0.266 e. The van der Waals surface area contributed by atoms with Gasteiger partial charge >= 0.3 is 0 Å². The molecule has 2 heterocycles. The van der Waals surface area contributed by atoms with E-state index in [-0.39, 0.29) is 11.8 Å². The molecule has 0 fully saturated rings. The maximum absolute atomic E-state index is 12.7. The number of benzene rings is 3. The van der Waals surface area contributed by atoms with Crippen LogP contribution < -0.4 is 9.64 Å². The number of rotatable bonds is 4. The third kappa shape index (κ3) is 2.75. The Hall–Kier alpha value is -4.00. The fourth-order valence-electron chi connectivity index (χ4n) is 3.42. The number of carbonyl (C=O) groups is 2. The number of amides is 2. The number of carbonyl (C=O) groups excluding carboxylic acids is 2. The van der Waals surface area contributed by atoms with Crippen LogP contribution in [0.2, 0.25) is 0 Å². The molecule has 0 unspecified atom stereocenters. The first-order valence-electron chi connectivity index (χ1n) is 9.24. The first-order chi connectivity index (χ1) is 14.2. The highest BCUT2D eigenvalue weighted by atomic mass is 16.5. The van der Waals surface area contributed by atoms with Crippen molar-refractivity contribution < 1.29 is 14.3 Å². The fraction of sp³-hybridized carbons (Fsp3) is 0.0909. The third-order valence-electron chi connectivity index (χ3n) is 4.79. The largest absolute Gasteiger partial charge is 0.494 e. The monoisotopic (exact) mass is 384 g/mol. The number of anilines is 1. The van der Waals surface area contributed by atoms with Crippen LogP contribution in [0.4, 0.5) is 5.69 Å². The van der Waals surface area contributed by atoms with Gasteiger partial charge in [0.25, 0.3) is 11.8 Å². The Kier molecular flexibility index (Phi) is 3.87. The van der Waals surface area contributed by atoms with E-state index in [1.165, 1.54) is 9.70 Å². The molecule has 2 amide bonds. The van der Waals surface area contributed by atoms with Crippen LogP contribution in [0.15, 0.2) is 66.7 Å². The van der Waals surface area contributed by atoms with Crippen molar-refractivity contribution in [2.75, 3.05) is 11.5 Å². The molecule has 1 aliphatic rings. The lowest BCUT2D eigenvalue weighted by molar-refractivity contribution is 0.0926. The molecule has 29 heavy (non-hydrogen) atoms. The molecule has 1 aromatic heterocycles. The van der Waals surface area contributed by atoms with E-state index in [0.29, 0.717) is 34.5 Å². The summed E-state index contributed by atoms with van der Waals surface area (Å²) in [6.07, 6.45) is 0. The van der Waals surface area contributed by atoms with E-state index < -0.39 is 0 Å². The van der Waals surface area contributed by atoms with Crippen molar-refractivity contribution in [3.8, 4) is 11.4 Å². The maximum Gasteiger partial charge on any atom is 0.266 e. The molecule has 0 N–H and O–H groups in total. The summed E-state index contributed by atoms with van der Waals surface area (Å²) in [5.74, 6) is 0.119. The van der Waals surface area contributed by atoms with E-state index in [1.54, 1.807) is 42.5 Å². The van der Waals surface area contributed by atoms with E-state index in [4.69, 9.17) is 4.74 Å². The van der Waals surface area contributed by atoms with E-state index in [2.05, 4.69) is 10.2 Å². The summed E-state index contributed by atoms with van der Waals surface area (Å²) in [4.78, 5) is 28.1. The van der Waals surface area contributed by atoms with Crippen LogP contribution in [0.25, 0.3) is 16.7 Å². The van der Waals surface area contributed by atoms with Crippen LogP contribution in [0.1, 0.15) is 27.6 Å². The van der Waals surface area contributed by atoms with Crippen molar-refractivity contribution in [1.82, 2.24) is 15.0 Å². The number of ether oxygens (including phenoxy) is 1. The minimum atomic E-state index is -0.330. The summed E-state index contributed by atoms with van der Waals surface area (Å²) < 4.78 is 5.46. The average molecular weight is 384 g/mol. The molecule has 4 aromatic rings. The lowest BCUT2D eigenvalue weighted by Crippen LogP contribution is -2.29. The van der Waals surface area contributed by atoms with Gasteiger partial charge in [-0.3, -0.25) is 9.59 Å². The van der Waals surface area contributed by atoms with Crippen molar-refractivity contribution in [3.63, 3.8) is 0 Å². The van der Waals surface area contributed by atoms with Crippen molar-refractivity contribution in [2.45, 2.75) is 6.92 Å². The molecule has 3 aromatic carbocycles. The summed E-state index contributed by atoms with van der Waals surface area (Å²) in [6.45, 7) is 2.53. The van der Waals surface area contributed by atoms with Crippen LogP contribution in [-0.2, 0) is 0 Å². The second-order valence-electron chi connectivity index (χ2n) is 6.58. The van der Waals surface area contributed by atoms with E-state index in [9.17, 15) is 9.59 Å². The Morgan fingerprint density at radius 1 is 0.793 bits per heavy atom. The van der Waals surface area contributed by atoms with E-state index in [0.717, 1.165) is 11.4 Å². The highest BCUT2D eigenvalue weighted by molar-refractivity contribution is 6.34. The predicted octanol–water partition coefficient (Wildman–Crippen LogP) is 3.62. The zero-order chi connectivity index (χ0) is 20.0. The molecule has 1 aliphatic heterocycles. The van der Waals surface area contributed by atoms with Crippen molar-refractivity contribution in [2.24, 2.45) is 0 Å². The molecular weight excluding hydrogens is 368 g/mol. The Bertz CT molecular complexity index is 1230. The first kappa shape index (κ1) is 17.1. The molecule has 0 atom stereocenters. The summed E-state index contributed by atoms with van der Waals surface area (Å²) in [5, 5.41) is 8.99. The number of aromatic nitrogens is 3. The molecular formula is C22H16N4O3. The number of nitrogens with zero attached hydrogens (tertiary/aromatic N) is 4. The molecule has 5 rings (SSSR count). The average Bonchev–Trinajstić information content (AvgIpc) is 3.28. The van der Waals surface area contributed by atoms with Crippen LogP contribution >= 0.6 is 0 Å². The number of imide groups is 1. The molecule has 7 heteroatoms. The lowest BCUT2D eigenvalue weighted by Gasteiger charge is -2.13. The van der Waals surface area contributed by atoms with Gasteiger partial charge in [-0.1, -0.05) is 12.1 Å². The van der Waals surface area contributed by atoms with Crippen LogP contribution in [-0.4, -0.2) is 33.4 Å². The topological polar surface area (TPSA) is 77.3 Å². The van der Waals surface area contributed by atoms with Gasteiger partial charge < -0.3 is 4.74 Å². The SMILES string of the molecule is CCOc1ccc(-n2nc3ccc(N4C(=O)c5ccccc5C4=O)cc3n2)cc1. The minimum absolute atomic E-state index is 0.330. The standard InChI is InChI=1S/C22H16N4O3/c1-2-29-16-10-7-14(8-11-16)26-23-19-12-9-15(13-20(19)24-26)25-21(27)17-5-3-4-6-18(17)22(25)28/h3-13H,2H2,1H3. The summed E-state index contributed by atoms with van der Waals surface area (Å²) >= 11 is 0. The zero-order valence-corrected chi connectivity index (χ0v) is 15.6. The Morgan fingerprint density at radius 2 is 1.41 bits per heavy atom. The van der Waals surface area contributed by atoms with Crippen molar-refractivity contribution >= 4 is 28.5 Å². The number of hydrogen-bond donors (Lipinski definition) is 0. The number of hydrogen-bond acceptors (Lipinski definition) is 5. The highest BCUT2D eigenvalue weighted by Crippen LogP contribution is 2.30. The first-order valence-corrected chi connectivity index (χ1v) is 9.24. The van der Waals surface area contributed by atoms with Gasteiger partial charge in [0.2, 0.25) is 0 Å². The van der Waals surface area contributed by atoms with Gasteiger partial charge in [-0.15, -0.1) is 10.2 Å². The summed E-state index contributed by atoms with van der Waals surface area (Å²) in [5.41, 5.74) is 3.34. The van der Waals surface area contributed by atoms with E-state index >= 15 is 0 Å². The molecule has 0 saturated carbocycles. The predicted molar refractivity (Wildman–Crippen MR) is 108 cm³/mol. The zero-order valence-electron chi connectivity index (χ0n) is 15.6. The van der Waals surface area contributed by atoms with Crippen LogP contribution in [0, 0.1) is 0 Å². The normalized spacial score (nSPS) is 13.2. The third-order valence-corrected chi connectivity index (χ3v) is 4.79. The van der Waals surface area contributed by atoms with Crippen LogP contribution in [0.3, 0.4) is 0 Å². The van der Waals surface area contributed by atoms with Gasteiger partial charge in [0, 0.05) is 0 Å². The molecule has 0 spiro atoms. The molecule has 142 valence electrons. The molecule has 0 radical (unpaired) electrons. The van der Waals surface area contributed by atoms with Gasteiger partial charge in [-0.05, 0) is 61.5 Å². The Labute approximate surface area is 166 Å². The van der Waals surface area contributed by atoms with Gasteiger partial charge in [-0.25, -0.2) is 4.90 Å².